The molecule has 2 aromatic heterocycles. The lowest BCUT2D eigenvalue weighted by Crippen LogP contribution is -2.07. The number of rotatable bonds is 7. The van der Waals surface area contributed by atoms with Crippen LogP contribution < -0.4 is 0 Å². The average molecular weight is 339 g/mol. The average Bonchev–Trinajstić information content (AvgIpc) is 3.11. The number of Topliss-reactive ketones (excluding diaryl/α,β-unsaturated/α-hetero) is 1. The van der Waals surface area contributed by atoms with Crippen LogP contribution in [0.25, 0.3) is 0 Å². The zero-order chi connectivity index (χ0) is 16.1. The maximum atomic E-state index is 11.8. The van der Waals surface area contributed by atoms with Gasteiger partial charge in [0.2, 0.25) is 0 Å². The van der Waals surface area contributed by atoms with Gasteiger partial charge in [0.1, 0.15) is 6.61 Å². The van der Waals surface area contributed by atoms with Crippen LogP contribution in [0.3, 0.4) is 0 Å². The minimum atomic E-state index is -0.490. The van der Waals surface area contributed by atoms with Crippen LogP contribution >= 0.6 is 22.7 Å². The van der Waals surface area contributed by atoms with Gasteiger partial charge in [0.25, 0.3) is 0 Å². The summed E-state index contributed by atoms with van der Waals surface area (Å²) < 4.78 is 5.01. The number of nitro groups is 1. The predicted octanol–water partition coefficient (Wildman–Crippen LogP) is 3.73. The molecule has 0 unspecified atom stereocenters. The molecule has 0 N–H and O–H groups in total. The summed E-state index contributed by atoms with van der Waals surface area (Å²) in [5.41, 5.74) is 0.574. The van der Waals surface area contributed by atoms with Gasteiger partial charge in [-0.3, -0.25) is 19.7 Å². The van der Waals surface area contributed by atoms with E-state index < -0.39 is 10.9 Å². The molecule has 0 spiro atoms. The smallest absolute Gasteiger partial charge is 0.324 e. The van der Waals surface area contributed by atoms with Gasteiger partial charge in [-0.25, -0.2) is 0 Å². The molecule has 2 heterocycles. The Kier molecular flexibility index (Phi) is 5.40. The highest BCUT2D eigenvalue weighted by molar-refractivity contribution is 7.14. The fourth-order valence-electron chi connectivity index (χ4n) is 1.69. The molecule has 0 bridgehead atoms. The molecule has 6 nitrogen and oxygen atoms in total. The molecule has 8 heteroatoms. The lowest BCUT2D eigenvalue weighted by molar-refractivity contribution is -0.380. The predicted molar refractivity (Wildman–Crippen MR) is 83.4 cm³/mol. The van der Waals surface area contributed by atoms with E-state index in [9.17, 15) is 19.7 Å². The normalized spacial score (nSPS) is 10.4. The van der Waals surface area contributed by atoms with Gasteiger partial charge >= 0.3 is 11.0 Å². The third-order valence-electron chi connectivity index (χ3n) is 2.79. The molecule has 0 aliphatic rings. The molecular weight excluding hydrogens is 326 g/mol. The summed E-state index contributed by atoms with van der Waals surface area (Å²) in [5, 5.41) is 12.1. The van der Waals surface area contributed by atoms with Gasteiger partial charge in [-0.1, -0.05) is 11.3 Å². The zero-order valence-electron chi connectivity index (χ0n) is 11.7. The molecule has 0 aromatic carbocycles. The summed E-state index contributed by atoms with van der Waals surface area (Å²) in [5.74, 6) is -0.572. The third kappa shape index (κ3) is 4.47. The van der Waals surface area contributed by atoms with Crippen molar-refractivity contribution in [1.29, 1.82) is 0 Å². The van der Waals surface area contributed by atoms with Crippen LogP contribution in [0.5, 0.6) is 0 Å². The van der Waals surface area contributed by atoms with Crippen LogP contribution in [0.15, 0.2) is 23.6 Å². The quantitative estimate of drug-likeness (QED) is 0.332. The minimum Gasteiger partial charge on any atom is -0.461 e. The van der Waals surface area contributed by atoms with Crippen LogP contribution in [0.4, 0.5) is 5.00 Å². The van der Waals surface area contributed by atoms with Crippen molar-refractivity contribution < 1.29 is 19.2 Å². The lowest BCUT2D eigenvalue weighted by Gasteiger charge is -2.02. The van der Waals surface area contributed by atoms with E-state index in [1.807, 2.05) is 13.0 Å². The summed E-state index contributed by atoms with van der Waals surface area (Å²) in [6.45, 7) is 1.89. The van der Waals surface area contributed by atoms with Crippen molar-refractivity contribution in [1.82, 2.24) is 0 Å². The topological polar surface area (TPSA) is 86.5 Å². The Morgan fingerprint density at radius 2 is 2.09 bits per heavy atom. The number of ether oxygens (including phenoxy) is 1. The highest BCUT2D eigenvalue weighted by Crippen LogP contribution is 2.23. The summed E-state index contributed by atoms with van der Waals surface area (Å²) in [6, 6.07) is 4.98. The molecule has 0 radical (unpaired) electrons. The number of ketones is 1. The molecule has 0 atom stereocenters. The Labute approximate surface area is 134 Å². The number of carbonyl (C=O) groups excluding carboxylic acids is 2. The lowest BCUT2D eigenvalue weighted by atomic mass is 10.2. The van der Waals surface area contributed by atoms with E-state index in [1.165, 1.54) is 17.4 Å². The van der Waals surface area contributed by atoms with Crippen LogP contribution in [-0.4, -0.2) is 16.7 Å². The number of carbonyl (C=O) groups is 2. The first kappa shape index (κ1) is 16.3. The Hall–Kier alpha value is -2.06. The second-order valence-electron chi connectivity index (χ2n) is 4.54. The fourth-order valence-corrected chi connectivity index (χ4v) is 3.24. The van der Waals surface area contributed by atoms with E-state index in [4.69, 9.17) is 4.74 Å². The molecule has 0 saturated carbocycles. The van der Waals surface area contributed by atoms with Crippen molar-refractivity contribution in [2.24, 2.45) is 0 Å². The van der Waals surface area contributed by atoms with Gasteiger partial charge in [0, 0.05) is 28.3 Å². The first-order valence-corrected chi connectivity index (χ1v) is 8.12. The molecule has 22 heavy (non-hydrogen) atoms. The largest absolute Gasteiger partial charge is 0.461 e. The number of hydrogen-bond donors (Lipinski definition) is 0. The Morgan fingerprint density at radius 3 is 2.68 bits per heavy atom. The zero-order valence-corrected chi connectivity index (χ0v) is 13.4. The Morgan fingerprint density at radius 1 is 1.32 bits per heavy atom. The van der Waals surface area contributed by atoms with Crippen LogP contribution in [0.1, 0.15) is 33.0 Å². The molecular formula is C14H13NO5S2. The minimum absolute atomic E-state index is 0.00200. The second-order valence-corrected chi connectivity index (χ2v) is 6.72. The fraction of sp³-hybridized carbons (Fsp3) is 0.286. The monoisotopic (exact) mass is 339 g/mol. The summed E-state index contributed by atoms with van der Waals surface area (Å²) in [7, 11) is 0. The molecule has 0 amide bonds. The number of nitrogens with zero attached hydrogens (tertiary/aromatic N) is 1. The van der Waals surface area contributed by atoms with E-state index in [0.29, 0.717) is 10.4 Å². The second kappa shape index (κ2) is 7.28. The van der Waals surface area contributed by atoms with Gasteiger partial charge < -0.3 is 4.74 Å². The van der Waals surface area contributed by atoms with E-state index >= 15 is 0 Å². The molecule has 116 valence electrons. The van der Waals surface area contributed by atoms with E-state index in [0.717, 1.165) is 16.2 Å². The van der Waals surface area contributed by atoms with Crippen molar-refractivity contribution in [2.75, 3.05) is 0 Å². The molecule has 0 aliphatic heterocycles. The van der Waals surface area contributed by atoms with Gasteiger partial charge in [-0.15, -0.1) is 11.3 Å². The Balaban J connectivity index is 1.75. The first-order valence-electron chi connectivity index (χ1n) is 6.43. The van der Waals surface area contributed by atoms with Gasteiger partial charge in [-0.2, -0.15) is 0 Å². The van der Waals surface area contributed by atoms with E-state index in [-0.39, 0.29) is 30.2 Å². The maximum absolute atomic E-state index is 11.8. The number of aryl methyl sites for hydroxylation is 1. The molecule has 0 saturated heterocycles. The molecule has 2 aromatic rings. The number of esters is 1. The number of thiophene rings is 2. The number of hydrogen-bond acceptors (Lipinski definition) is 7. The molecule has 0 fully saturated rings. The maximum Gasteiger partial charge on any atom is 0.324 e. The third-order valence-corrected chi connectivity index (χ3v) is 4.76. The van der Waals surface area contributed by atoms with Gasteiger partial charge in [-0.05, 0) is 19.1 Å². The van der Waals surface area contributed by atoms with Crippen LogP contribution in [0.2, 0.25) is 0 Å². The standard InChI is InChI=1S/C14H13NO5S2/c1-9-2-4-12(22-9)11(16)3-5-14(17)20-7-10-6-13(15(18)19)21-8-10/h2,4,6,8H,3,5,7H2,1H3. The van der Waals surface area contributed by atoms with Crippen molar-refractivity contribution in [3.8, 4) is 0 Å². The first-order chi connectivity index (χ1) is 10.5. The van der Waals surface area contributed by atoms with Crippen molar-refractivity contribution in [3.63, 3.8) is 0 Å². The Bertz CT molecular complexity index is 704. The highest BCUT2D eigenvalue weighted by Gasteiger charge is 2.14. The van der Waals surface area contributed by atoms with Crippen molar-refractivity contribution >= 4 is 39.4 Å². The highest BCUT2D eigenvalue weighted by atomic mass is 32.1. The molecule has 2 rings (SSSR count). The summed E-state index contributed by atoms with van der Waals surface area (Å²) >= 11 is 2.38. The molecule has 0 aliphatic carbocycles. The SMILES string of the molecule is Cc1ccc(C(=O)CCC(=O)OCc2csc([N+](=O)[O-])c2)s1. The van der Waals surface area contributed by atoms with Crippen LogP contribution in [-0.2, 0) is 16.1 Å². The van der Waals surface area contributed by atoms with Gasteiger partial charge in [0.05, 0.1) is 16.2 Å². The summed E-state index contributed by atoms with van der Waals surface area (Å²) in [6.07, 6.45) is 0.102. The van der Waals surface area contributed by atoms with Crippen molar-refractivity contribution in [3.05, 3.63) is 49.0 Å². The summed E-state index contributed by atoms with van der Waals surface area (Å²) in [4.78, 5) is 35.2. The van der Waals surface area contributed by atoms with E-state index in [2.05, 4.69) is 0 Å². The van der Waals surface area contributed by atoms with Gasteiger partial charge in [0.15, 0.2) is 5.78 Å². The van der Waals surface area contributed by atoms with Crippen molar-refractivity contribution in [2.45, 2.75) is 26.4 Å². The van der Waals surface area contributed by atoms with E-state index in [1.54, 1.807) is 11.4 Å². The van der Waals surface area contributed by atoms with Crippen LogP contribution in [0, 0.1) is 17.0 Å².